The minimum Gasteiger partial charge on any atom is -0.469 e. The number of rotatable bonds is 6. The minimum absolute atomic E-state index is 0.0331. The van der Waals surface area contributed by atoms with Gasteiger partial charge in [0.05, 0.1) is 29.6 Å². The van der Waals surface area contributed by atoms with Crippen molar-refractivity contribution in [2.75, 3.05) is 13.6 Å². The van der Waals surface area contributed by atoms with Crippen molar-refractivity contribution in [3.05, 3.63) is 18.1 Å². The molecule has 0 unspecified atom stereocenters. The van der Waals surface area contributed by atoms with E-state index in [2.05, 4.69) is 10.2 Å². The molecular formula is C15H19N5O2S. The van der Waals surface area contributed by atoms with E-state index in [4.69, 9.17) is 9.68 Å². The number of furan rings is 1. The zero-order valence-corrected chi connectivity index (χ0v) is 14.4. The lowest BCUT2D eigenvalue weighted by Crippen LogP contribution is -2.34. The van der Waals surface area contributed by atoms with Crippen molar-refractivity contribution < 1.29 is 9.21 Å². The van der Waals surface area contributed by atoms with Gasteiger partial charge in [0.25, 0.3) is 0 Å². The first-order valence-corrected chi connectivity index (χ1v) is 8.06. The highest BCUT2D eigenvalue weighted by molar-refractivity contribution is 8.00. The quantitative estimate of drug-likeness (QED) is 0.753. The number of aromatic nitrogens is 3. The van der Waals surface area contributed by atoms with E-state index in [1.165, 1.54) is 11.8 Å². The molecule has 23 heavy (non-hydrogen) atoms. The zero-order valence-electron chi connectivity index (χ0n) is 13.6. The second-order valence-corrected chi connectivity index (χ2v) is 6.49. The van der Waals surface area contributed by atoms with Crippen LogP contribution in [0.1, 0.15) is 19.1 Å². The summed E-state index contributed by atoms with van der Waals surface area (Å²) >= 11 is 1.35. The van der Waals surface area contributed by atoms with Gasteiger partial charge in [-0.3, -0.25) is 4.79 Å². The van der Waals surface area contributed by atoms with Crippen molar-refractivity contribution in [1.29, 1.82) is 5.26 Å². The average Bonchev–Trinajstić information content (AvgIpc) is 3.10. The molecule has 0 saturated carbocycles. The summed E-state index contributed by atoms with van der Waals surface area (Å²) in [5.74, 6) is 1.45. The van der Waals surface area contributed by atoms with Crippen LogP contribution in [0.15, 0.2) is 21.9 Å². The molecule has 0 bridgehead atoms. The van der Waals surface area contributed by atoms with Gasteiger partial charge in [-0.25, -0.2) is 0 Å². The van der Waals surface area contributed by atoms with Crippen LogP contribution in [-0.4, -0.2) is 44.4 Å². The highest BCUT2D eigenvalue weighted by atomic mass is 32.2. The lowest BCUT2D eigenvalue weighted by atomic mass is 10.2. The van der Waals surface area contributed by atoms with Crippen LogP contribution in [0.5, 0.6) is 0 Å². The monoisotopic (exact) mass is 333 g/mol. The third kappa shape index (κ3) is 3.74. The Morgan fingerprint density at radius 2 is 2.30 bits per heavy atom. The number of hydrogen-bond acceptors (Lipinski definition) is 6. The maximum atomic E-state index is 12.3. The first kappa shape index (κ1) is 17.1. The molecule has 0 spiro atoms. The fourth-order valence-corrected chi connectivity index (χ4v) is 3.05. The largest absolute Gasteiger partial charge is 0.469 e. The van der Waals surface area contributed by atoms with E-state index in [0.29, 0.717) is 23.9 Å². The van der Waals surface area contributed by atoms with Crippen LogP contribution in [0.3, 0.4) is 0 Å². The first-order valence-electron chi connectivity index (χ1n) is 7.18. The van der Waals surface area contributed by atoms with Crippen LogP contribution in [0, 0.1) is 18.3 Å². The molecule has 0 radical (unpaired) electrons. The summed E-state index contributed by atoms with van der Waals surface area (Å²) in [5.41, 5.74) is 0.886. The number of carbonyl (C=O) groups is 1. The second kappa shape index (κ2) is 7.33. The number of nitriles is 1. The predicted molar refractivity (Wildman–Crippen MR) is 86.6 cm³/mol. The molecule has 2 heterocycles. The van der Waals surface area contributed by atoms with E-state index < -0.39 is 0 Å². The highest BCUT2D eigenvalue weighted by Gasteiger charge is 2.22. The number of amides is 1. The normalized spacial score (nSPS) is 12.0. The fraction of sp³-hybridized carbons (Fsp3) is 0.467. The highest BCUT2D eigenvalue weighted by Crippen LogP contribution is 2.28. The van der Waals surface area contributed by atoms with Crippen LogP contribution in [0.2, 0.25) is 0 Å². The van der Waals surface area contributed by atoms with E-state index >= 15 is 0 Å². The topological polar surface area (TPSA) is 88.0 Å². The summed E-state index contributed by atoms with van der Waals surface area (Å²) in [5, 5.41) is 17.3. The van der Waals surface area contributed by atoms with Gasteiger partial charge in [0.1, 0.15) is 5.76 Å². The summed E-state index contributed by atoms with van der Waals surface area (Å²) in [6, 6.07) is 3.88. The number of hydrogen-bond donors (Lipinski definition) is 0. The van der Waals surface area contributed by atoms with Crippen molar-refractivity contribution in [2.45, 2.75) is 30.7 Å². The van der Waals surface area contributed by atoms with Crippen LogP contribution >= 0.6 is 11.8 Å². The molecule has 0 aliphatic rings. The average molecular weight is 333 g/mol. The van der Waals surface area contributed by atoms with Crippen molar-refractivity contribution in [3.8, 4) is 17.5 Å². The molecule has 2 rings (SSSR count). The van der Waals surface area contributed by atoms with Gasteiger partial charge in [-0.2, -0.15) is 5.26 Å². The summed E-state index contributed by atoms with van der Waals surface area (Å²) in [4.78, 5) is 13.8. The van der Waals surface area contributed by atoms with Crippen molar-refractivity contribution >= 4 is 17.7 Å². The molecule has 0 saturated heterocycles. The van der Waals surface area contributed by atoms with E-state index in [9.17, 15) is 4.79 Å². The predicted octanol–water partition coefficient (Wildman–Crippen LogP) is 2.24. The van der Waals surface area contributed by atoms with Gasteiger partial charge in [-0.15, -0.1) is 10.2 Å². The third-order valence-corrected chi connectivity index (χ3v) is 4.62. The number of carbonyl (C=O) groups excluding carboxylic acids is 1. The summed E-state index contributed by atoms with van der Waals surface area (Å²) < 4.78 is 7.15. The Labute approximate surface area is 139 Å². The zero-order chi connectivity index (χ0) is 17.0. The molecule has 7 nitrogen and oxygen atoms in total. The Hall–Kier alpha value is -2.27. The van der Waals surface area contributed by atoms with Gasteiger partial charge in [0.2, 0.25) is 5.91 Å². The molecular weight excluding hydrogens is 314 g/mol. The Morgan fingerprint density at radius 1 is 1.57 bits per heavy atom. The van der Waals surface area contributed by atoms with Gasteiger partial charge in [0.15, 0.2) is 11.0 Å². The molecule has 0 aromatic carbocycles. The van der Waals surface area contributed by atoms with Crippen molar-refractivity contribution in [2.24, 2.45) is 7.05 Å². The van der Waals surface area contributed by atoms with Gasteiger partial charge in [-0.1, -0.05) is 11.8 Å². The number of thioether (sulfide) groups is 1. The molecule has 8 heteroatoms. The van der Waals surface area contributed by atoms with Gasteiger partial charge < -0.3 is 13.9 Å². The van der Waals surface area contributed by atoms with E-state index in [0.717, 1.165) is 11.3 Å². The molecule has 122 valence electrons. The van der Waals surface area contributed by atoms with Crippen LogP contribution in [-0.2, 0) is 11.8 Å². The minimum atomic E-state index is -0.306. The lowest BCUT2D eigenvalue weighted by Gasteiger charge is -2.19. The Balaban J connectivity index is 2.09. The smallest absolute Gasteiger partial charge is 0.235 e. The Bertz CT molecular complexity index is 731. The maximum absolute atomic E-state index is 12.3. The van der Waals surface area contributed by atoms with E-state index in [1.54, 1.807) is 18.2 Å². The standard InChI is InChI=1S/C15H19N5O2S/c1-10-12(6-9-22-10)13-17-18-15(20(13)4)23-11(2)14(21)19(3)8-5-7-16/h6,9,11H,5,8H2,1-4H3/t11-/m0/s1. The Morgan fingerprint density at radius 3 is 2.91 bits per heavy atom. The Kier molecular flexibility index (Phi) is 5.45. The summed E-state index contributed by atoms with van der Waals surface area (Å²) in [6.07, 6.45) is 1.94. The molecule has 2 aromatic heterocycles. The fourth-order valence-electron chi connectivity index (χ4n) is 2.12. The van der Waals surface area contributed by atoms with E-state index in [1.807, 2.05) is 37.6 Å². The van der Waals surface area contributed by atoms with Crippen LogP contribution in [0.25, 0.3) is 11.4 Å². The van der Waals surface area contributed by atoms with Crippen molar-refractivity contribution in [3.63, 3.8) is 0 Å². The van der Waals surface area contributed by atoms with Gasteiger partial charge >= 0.3 is 0 Å². The van der Waals surface area contributed by atoms with Gasteiger partial charge in [0, 0.05) is 20.6 Å². The SMILES string of the molecule is Cc1occc1-c1nnc(S[C@@H](C)C(=O)N(C)CCC#N)n1C. The number of aryl methyl sites for hydroxylation is 1. The molecule has 0 aliphatic heterocycles. The maximum Gasteiger partial charge on any atom is 0.235 e. The van der Waals surface area contributed by atoms with Crippen LogP contribution < -0.4 is 0 Å². The summed E-state index contributed by atoms with van der Waals surface area (Å²) in [7, 11) is 3.56. The number of nitrogens with zero attached hydrogens (tertiary/aromatic N) is 5. The lowest BCUT2D eigenvalue weighted by molar-refractivity contribution is -0.128. The molecule has 2 aromatic rings. The molecule has 0 N–H and O–H groups in total. The summed E-state index contributed by atoms with van der Waals surface area (Å²) in [6.45, 7) is 4.12. The molecule has 1 amide bonds. The first-order chi connectivity index (χ1) is 11.0. The second-order valence-electron chi connectivity index (χ2n) is 5.18. The molecule has 1 atom stereocenters. The molecule has 0 aliphatic carbocycles. The van der Waals surface area contributed by atoms with Gasteiger partial charge in [-0.05, 0) is 19.9 Å². The van der Waals surface area contributed by atoms with Crippen LogP contribution in [0.4, 0.5) is 0 Å². The van der Waals surface area contributed by atoms with E-state index in [-0.39, 0.29) is 11.2 Å². The molecule has 0 fully saturated rings. The third-order valence-electron chi connectivity index (χ3n) is 3.50. The van der Waals surface area contributed by atoms with Crippen molar-refractivity contribution in [1.82, 2.24) is 19.7 Å².